The predicted molar refractivity (Wildman–Crippen MR) is 83.3 cm³/mol. The van der Waals surface area contributed by atoms with Gasteiger partial charge in [-0.3, -0.25) is 19.7 Å². The Morgan fingerprint density at radius 2 is 2.09 bits per heavy atom. The highest BCUT2D eigenvalue weighted by atomic mass is 32.2. The number of hydrogen-bond acceptors (Lipinski definition) is 4. The Balaban J connectivity index is 2.03. The zero-order valence-corrected chi connectivity index (χ0v) is 12.2. The Hall–Kier alpha value is -2.54. The normalized spacial score (nSPS) is 16.5. The fourth-order valence-electron chi connectivity index (χ4n) is 2.35. The van der Waals surface area contributed by atoms with Gasteiger partial charge in [-0.05, 0) is 23.9 Å². The van der Waals surface area contributed by atoms with Gasteiger partial charge < -0.3 is 9.67 Å². The third-order valence-electron chi connectivity index (χ3n) is 3.31. The van der Waals surface area contributed by atoms with Crippen LogP contribution in [0.4, 0.5) is 4.79 Å². The van der Waals surface area contributed by atoms with Gasteiger partial charge in [0.15, 0.2) is 0 Å². The summed E-state index contributed by atoms with van der Waals surface area (Å²) >= 11 is 0.863. The summed E-state index contributed by atoms with van der Waals surface area (Å²) in [5.41, 5.74) is 1.68. The van der Waals surface area contributed by atoms with E-state index in [9.17, 15) is 14.4 Å². The maximum Gasteiger partial charge on any atom is 0.305 e. The Bertz CT molecular complexity index is 822. The van der Waals surface area contributed by atoms with Crippen molar-refractivity contribution in [3.05, 3.63) is 40.9 Å². The molecule has 6 nitrogen and oxygen atoms in total. The maximum atomic E-state index is 11.6. The summed E-state index contributed by atoms with van der Waals surface area (Å²) in [6, 6.07) is 7.54. The minimum Gasteiger partial charge on any atom is -0.481 e. The molecule has 0 spiro atoms. The molecule has 2 aromatic rings. The molecule has 0 radical (unpaired) electrons. The van der Waals surface area contributed by atoms with Gasteiger partial charge in [0.2, 0.25) is 0 Å². The van der Waals surface area contributed by atoms with Crippen LogP contribution >= 0.6 is 11.8 Å². The second-order valence-electron chi connectivity index (χ2n) is 4.79. The lowest BCUT2D eigenvalue weighted by atomic mass is 10.1. The molecule has 0 atom stereocenters. The molecule has 112 valence electrons. The Morgan fingerprint density at radius 3 is 2.77 bits per heavy atom. The van der Waals surface area contributed by atoms with Crippen LogP contribution in [0.1, 0.15) is 12.0 Å². The quantitative estimate of drug-likeness (QED) is 0.846. The van der Waals surface area contributed by atoms with E-state index >= 15 is 0 Å². The fraction of sp³-hybridized carbons (Fsp3) is 0.133. The number of carboxylic acid groups (broad SMARTS) is 1. The van der Waals surface area contributed by atoms with E-state index in [4.69, 9.17) is 5.11 Å². The highest BCUT2D eigenvalue weighted by Gasteiger charge is 2.25. The number of aromatic nitrogens is 1. The number of nitrogens with zero attached hydrogens (tertiary/aromatic N) is 1. The fourth-order valence-corrected chi connectivity index (χ4v) is 3.03. The molecule has 1 aromatic heterocycles. The van der Waals surface area contributed by atoms with Crippen LogP contribution in [0.3, 0.4) is 0 Å². The number of imide groups is 1. The van der Waals surface area contributed by atoms with Gasteiger partial charge in [0.1, 0.15) is 0 Å². The van der Waals surface area contributed by atoms with Crippen molar-refractivity contribution in [3.8, 4) is 0 Å². The lowest BCUT2D eigenvalue weighted by molar-refractivity contribution is -0.137. The summed E-state index contributed by atoms with van der Waals surface area (Å²) in [5.74, 6) is -1.27. The Morgan fingerprint density at radius 1 is 1.32 bits per heavy atom. The number of amides is 2. The largest absolute Gasteiger partial charge is 0.481 e. The average Bonchev–Trinajstić information content (AvgIpc) is 2.98. The molecule has 1 aromatic carbocycles. The van der Waals surface area contributed by atoms with Crippen molar-refractivity contribution in [2.24, 2.45) is 0 Å². The summed E-state index contributed by atoms with van der Waals surface area (Å²) < 4.78 is 1.84. The molecular weight excluding hydrogens is 304 g/mol. The number of nitrogens with one attached hydrogen (secondary N) is 1. The van der Waals surface area contributed by atoms with Crippen molar-refractivity contribution in [2.45, 2.75) is 13.0 Å². The molecule has 1 fully saturated rings. The first-order valence-corrected chi connectivity index (χ1v) is 7.41. The van der Waals surface area contributed by atoms with E-state index in [0.717, 1.165) is 28.2 Å². The lowest BCUT2D eigenvalue weighted by Gasteiger charge is -2.01. The summed E-state index contributed by atoms with van der Waals surface area (Å²) in [6.45, 7) is 0.345. The molecule has 1 aliphatic rings. The van der Waals surface area contributed by atoms with Gasteiger partial charge in [0.25, 0.3) is 11.1 Å². The first kappa shape index (κ1) is 14.4. The second-order valence-corrected chi connectivity index (χ2v) is 5.81. The van der Waals surface area contributed by atoms with Crippen LogP contribution in [0.2, 0.25) is 0 Å². The van der Waals surface area contributed by atoms with E-state index in [0.29, 0.717) is 11.4 Å². The summed E-state index contributed by atoms with van der Waals surface area (Å²) in [6.07, 6.45) is 3.48. The topological polar surface area (TPSA) is 88.4 Å². The van der Waals surface area contributed by atoms with Crippen molar-refractivity contribution in [2.75, 3.05) is 0 Å². The van der Waals surface area contributed by atoms with E-state index in [1.54, 1.807) is 12.3 Å². The molecule has 0 aliphatic carbocycles. The molecular formula is C15H12N2O4S. The number of carbonyl (C=O) groups is 3. The number of rotatable bonds is 4. The Labute approximate surface area is 129 Å². The minimum atomic E-state index is -0.867. The van der Waals surface area contributed by atoms with E-state index in [-0.39, 0.29) is 11.7 Å². The van der Waals surface area contributed by atoms with Crippen LogP contribution in [0, 0.1) is 0 Å². The standard InChI is InChI=1S/C15H12N2O4S/c18-13(19)5-6-17-8-9(10-3-1-2-4-11(10)17)7-12-14(20)16-15(21)22-12/h1-4,7-8H,5-6H2,(H,18,19)(H,16,20,21)/b12-7+. The van der Waals surface area contributed by atoms with Gasteiger partial charge >= 0.3 is 5.97 Å². The lowest BCUT2D eigenvalue weighted by Crippen LogP contribution is -2.17. The number of aliphatic carboxylic acids is 1. The van der Waals surface area contributed by atoms with Gasteiger partial charge in [-0.2, -0.15) is 0 Å². The summed E-state index contributed by atoms with van der Waals surface area (Å²) in [4.78, 5) is 34.0. The smallest absolute Gasteiger partial charge is 0.305 e. The van der Waals surface area contributed by atoms with Gasteiger partial charge in [0, 0.05) is 29.2 Å². The van der Waals surface area contributed by atoms with Crippen LogP contribution < -0.4 is 5.32 Å². The van der Waals surface area contributed by atoms with Crippen LogP contribution in [0.25, 0.3) is 17.0 Å². The molecule has 2 N–H and O–H groups in total. The number of fused-ring (bicyclic) bond motifs is 1. The monoisotopic (exact) mass is 316 g/mol. The van der Waals surface area contributed by atoms with Crippen LogP contribution in [-0.4, -0.2) is 26.8 Å². The van der Waals surface area contributed by atoms with Gasteiger partial charge in [-0.15, -0.1) is 0 Å². The molecule has 2 heterocycles. The van der Waals surface area contributed by atoms with Crippen LogP contribution in [0.5, 0.6) is 0 Å². The molecule has 3 rings (SSSR count). The maximum absolute atomic E-state index is 11.6. The first-order valence-electron chi connectivity index (χ1n) is 6.59. The number of hydrogen-bond donors (Lipinski definition) is 2. The van der Waals surface area contributed by atoms with Crippen LogP contribution in [-0.2, 0) is 16.1 Å². The van der Waals surface area contributed by atoms with Gasteiger partial charge in [0.05, 0.1) is 11.3 Å². The molecule has 1 aliphatic heterocycles. The zero-order valence-electron chi connectivity index (χ0n) is 11.4. The van der Waals surface area contributed by atoms with E-state index in [1.165, 1.54) is 0 Å². The number of benzene rings is 1. The highest BCUT2D eigenvalue weighted by molar-refractivity contribution is 8.18. The number of carboxylic acids is 1. The van der Waals surface area contributed by atoms with Crippen molar-refractivity contribution < 1.29 is 19.5 Å². The SMILES string of the molecule is O=C(O)CCn1cc(/C=C2/SC(=O)NC2=O)c2ccccc21. The first-order chi connectivity index (χ1) is 10.5. The molecule has 7 heteroatoms. The summed E-state index contributed by atoms with van der Waals surface area (Å²) in [7, 11) is 0. The minimum absolute atomic E-state index is 0.0163. The third kappa shape index (κ3) is 2.75. The van der Waals surface area contributed by atoms with Crippen molar-refractivity contribution in [3.63, 3.8) is 0 Å². The number of thioether (sulfide) groups is 1. The predicted octanol–water partition coefficient (Wildman–Crippen LogP) is 2.44. The van der Waals surface area contributed by atoms with E-state index in [1.807, 2.05) is 28.8 Å². The van der Waals surface area contributed by atoms with Gasteiger partial charge in [-0.25, -0.2) is 0 Å². The van der Waals surface area contributed by atoms with E-state index < -0.39 is 11.9 Å². The Kier molecular flexibility index (Phi) is 3.72. The average molecular weight is 316 g/mol. The number of carbonyl (C=O) groups excluding carboxylic acids is 2. The third-order valence-corrected chi connectivity index (χ3v) is 4.13. The molecule has 22 heavy (non-hydrogen) atoms. The molecule has 2 amide bonds. The molecule has 0 saturated carbocycles. The van der Waals surface area contributed by atoms with Crippen molar-refractivity contribution >= 4 is 45.9 Å². The molecule has 0 bridgehead atoms. The van der Waals surface area contributed by atoms with Crippen LogP contribution in [0.15, 0.2) is 35.4 Å². The van der Waals surface area contributed by atoms with E-state index in [2.05, 4.69) is 5.32 Å². The zero-order chi connectivity index (χ0) is 15.7. The highest BCUT2D eigenvalue weighted by Crippen LogP contribution is 2.29. The van der Waals surface area contributed by atoms with Crippen molar-refractivity contribution in [1.82, 2.24) is 9.88 Å². The van der Waals surface area contributed by atoms with Crippen molar-refractivity contribution in [1.29, 1.82) is 0 Å². The summed E-state index contributed by atoms with van der Waals surface area (Å²) in [5, 5.41) is 11.6. The number of aryl methyl sites for hydroxylation is 1. The second kappa shape index (κ2) is 5.69. The molecule has 1 saturated heterocycles. The number of para-hydroxylation sites is 1. The molecule has 0 unspecified atom stereocenters. The van der Waals surface area contributed by atoms with Gasteiger partial charge in [-0.1, -0.05) is 18.2 Å².